The van der Waals surface area contributed by atoms with Gasteiger partial charge in [0.25, 0.3) is 5.91 Å². The van der Waals surface area contributed by atoms with Crippen molar-refractivity contribution in [3.63, 3.8) is 0 Å². The van der Waals surface area contributed by atoms with Gasteiger partial charge in [-0.05, 0) is 25.5 Å². The lowest BCUT2D eigenvalue weighted by molar-refractivity contribution is -0.103. The van der Waals surface area contributed by atoms with E-state index in [0.717, 1.165) is 44.0 Å². The van der Waals surface area contributed by atoms with Crippen molar-refractivity contribution in [2.45, 2.75) is 13.3 Å². The molecule has 1 aromatic heterocycles. The number of aromatic nitrogens is 1. The summed E-state index contributed by atoms with van der Waals surface area (Å²) in [6.45, 7) is 5.22. The SMILES string of the molecule is Cc1cc(C(=O)N2CCC3(COC3)C2)ccn1. The molecule has 0 atom stereocenters. The number of amides is 1. The summed E-state index contributed by atoms with van der Waals surface area (Å²) in [7, 11) is 0. The number of nitrogens with zero attached hydrogens (tertiary/aromatic N) is 2. The van der Waals surface area contributed by atoms with Crippen LogP contribution in [-0.4, -0.2) is 42.1 Å². The van der Waals surface area contributed by atoms with Gasteiger partial charge in [-0.3, -0.25) is 9.78 Å². The summed E-state index contributed by atoms with van der Waals surface area (Å²) >= 11 is 0. The maximum atomic E-state index is 12.3. The van der Waals surface area contributed by atoms with Gasteiger partial charge in [-0.25, -0.2) is 0 Å². The largest absolute Gasteiger partial charge is 0.380 e. The number of carbonyl (C=O) groups is 1. The number of hydrogen-bond acceptors (Lipinski definition) is 3. The molecule has 0 unspecified atom stereocenters. The first-order valence-corrected chi connectivity index (χ1v) is 5.98. The molecule has 0 N–H and O–H groups in total. The number of pyridine rings is 1. The van der Waals surface area contributed by atoms with Gasteiger partial charge in [0, 0.05) is 36.0 Å². The molecule has 17 heavy (non-hydrogen) atoms. The van der Waals surface area contributed by atoms with Gasteiger partial charge in [-0.2, -0.15) is 0 Å². The molecule has 0 radical (unpaired) electrons. The number of rotatable bonds is 1. The maximum Gasteiger partial charge on any atom is 0.253 e. The zero-order chi connectivity index (χ0) is 11.9. The first kappa shape index (κ1) is 10.7. The zero-order valence-corrected chi connectivity index (χ0v) is 9.98. The monoisotopic (exact) mass is 232 g/mol. The van der Waals surface area contributed by atoms with Gasteiger partial charge in [-0.15, -0.1) is 0 Å². The maximum absolute atomic E-state index is 12.3. The fourth-order valence-electron chi connectivity index (χ4n) is 2.60. The van der Waals surface area contributed by atoms with E-state index in [1.54, 1.807) is 12.3 Å². The highest BCUT2D eigenvalue weighted by atomic mass is 16.5. The molecule has 0 bridgehead atoms. The summed E-state index contributed by atoms with van der Waals surface area (Å²) in [6.07, 6.45) is 2.77. The highest BCUT2D eigenvalue weighted by molar-refractivity contribution is 5.94. The van der Waals surface area contributed by atoms with Gasteiger partial charge < -0.3 is 9.64 Å². The third-order valence-corrected chi connectivity index (χ3v) is 3.69. The second-order valence-corrected chi connectivity index (χ2v) is 5.16. The van der Waals surface area contributed by atoms with Crippen molar-refractivity contribution < 1.29 is 9.53 Å². The second-order valence-electron chi connectivity index (χ2n) is 5.16. The number of ether oxygens (including phenoxy) is 1. The van der Waals surface area contributed by atoms with Gasteiger partial charge in [0.1, 0.15) is 0 Å². The molecule has 2 aliphatic heterocycles. The van der Waals surface area contributed by atoms with Crippen molar-refractivity contribution in [2.75, 3.05) is 26.3 Å². The predicted molar refractivity (Wildman–Crippen MR) is 62.7 cm³/mol. The van der Waals surface area contributed by atoms with Gasteiger partial charge in [0.15, 0.2) is 0 Å². The smallest absolute Gasteiger partial charge is 0.253 e. The van der Waals surface area contributed by atoms with E-state index in [-0.39, 0.29) is 11.3 Å². The summed E-state index contributed by atoms with van der Waals surface area (Å²) in [5, 5.41) is 0. The van der Waals surface area contributed by atoms with Crippen LogP contribution in [0.15, 0.2) is 18.3 Å². The summed E-state index contributed by atoms with van der Waals surface area (Å²) in [6, 6.07) is 3.64. The molecule has 0 aliphatic carbocycles. The van der Waals surface area contributed by atoms with E-state index in [0.29, 0.717) is 0 Å². The molecule has 2 aliphatic rings. The van der Waals surface area contributed by atoms with Gasteiger partial charge in [0.05, 0.1) is 13.2 Å². The first-order valence-electron chi connectivity index (χ1n) is 5.98. The molecule has 1 aromatic rings. The lowest BCUT2D eigenvalue weighted by atomic mass is 9.85. The molecule has 0 aromatic carbocycles. The van der Waals surface area contributed by atoms with E-state index in [1.165, 1.54) is 0 Å². The Morgan fingerprint density at radius 2 is 2.35 bits per heavy atom. The molecular formula is C13H16N2O2. The lowest BCUT2D eigenvalue weighted by Gasteiger charge is -2.37. The molecule has 0 saturated carbocycles. The third-order valence-electron chi connectivity index (χ3n) is 3.69. The normalized spacial score (nSPS) is 21.6. The average Bonchev–Trinajstić information content (AvgIpc) is 2.73. The van der Waals surface area contributed by atoms with Crippen LogP contribution in [-0.2, 0) is 4.74 Å². The minimum Gasteiger partial charge on any atom is -0.380 e. The number of aryl methyl sites for hydroxylation is 1. The van der Waals surface area contributed by atoms with E-state index in [4.69, 9.17) is 4.74 Å². The third kappa shape index (κ3) is 1.82. The Kier molecular flexibility index (Phi) is 2.40. The van der Waals surface area contributed by atoms with E-state index in [9.17, 15) is 4.79 Å². The number of carbonyl (C=O) groups excluding carboxylic acids is 1. The van der Waals surface area contributed by atoms with E-state index < -0.39 is 0 Å². The van der Waals surface area contributed by atoms with Crippen LogP contribution in [0, 0.1) is 12.3 Å². The van der Waals surface area contributed by atoms with Crippen LogP contribution in [0.5, 0.6) is 0 Å². The van der Waals surface area contributed by atoms with Gasteiger partial charge in [-0.1, -0.05) is 0 Å². The molecule has 3 heterocycles. The van der Waals surface area contributed by atoms with Crippen molar-refractivity contribution in [1.82, 2.24) is 9.88 Å². The molecular weight excluding hydrogens is 216 g/mol. The molecule has 2 saturated heterocycles. The van der Waals surface area contributed by atoms with E-state index in [2.05, 4.69) is 4.98 Å². The molecule has 1 amide bonds. The van der Waals surface area contributed by atoms with Crippen LogP contribution in [0.2, 0.25) is 0 Å². The Labute approximate surface area is 101 Å². The lowest BCUT2D eigenvalue weighted by Crippen LogP contribution is -2.45. The van der Waals surface area contributed by atoms with Crippen molar-refractivity contribution in [3.05, 3.63) is 29.6 Å². The van der Waals surface area contributed by atoms with E-state index in [1.807, 2.05) is 17.9 Å². The van der Waals surface area contributed by atoms with Crippen molar-refractivity contribution >= 4 is 5.91 Å². The average molecular weight is 232 g/mol. The van der Waals surface area contributed by atoms with Crippen molar-refractivity contribution in [3.8, 4) is 0 Å². The second kappa shape index (κ2) is 3.81. The fraction of sp³-hybridized carbons (Fsp3) is 0.538. The Morgan fingerprint density at radius 1 is 1.53 bits per heavy atom. The Balaban J connectivity index is 1.75. The molecule has 4 heteroatoms. The molecule has 2 fully saturated rings. The number of likely N-dealkylation sites (tertiary alicyclic amines) is 1. The van der Waals surface area contributed by atoms with Gasteiger partial charge >= 0.3 is 0 Å². The Bertz CT molecular complexity index is 454. The molecule has 90 valence electrons. The van der Waals surface area contributed by atoms with Crippen LogP contribution in [0.3, 0.4) is 0 Å². The van der Waals surface area contributed by atoms with Crippen LogP contribution in [0.1, 0.15) is 22.5 Å². The first-order chi connectivity index (χ1) is 8.19. The highest BCUT2D eigenvalue weighted by Gasteiger charge is 2.45. The van der Waals surface area contributed by atoms with Crippen molar-refractivity contribution in [1.29, 1.82) is 0 Å². The van der Waals surface area contributed by atoms with Crippen LogP contribution < -0.4 is 0 Å². The summed E-state index contributed by atoms with van der Waals surface area (Å²) in [5.74, 6) is 0.124. The van der Waals surface area contributed by atoms with Crippen LogP contribution in [0.4, 0.5) is 0 Å². The highest BCUT2D eigenvalue weighted by Crippen LogP contribution is 2.37. The van der Waals surface area contributed by atoms with Gasteiger partial charge in [0.2, 0.25) is 0 Å². The standard InChI is InChI=1S/C13H16N2O2/c1-10-6-11(2-4-14-10)12(16)15-5-3-13(7-15)8-17-9-13/h2,4,6H,3,5,7-9H2,1H3. The molecule has 4 nitrogen and oxygen atoms in total. The number of hydrogen-bond donors (Lipinski definition) is 0. The summed E-state index contributed by atoms with van der Waals surface area (Å²) in [5.41, 5.74) is 1.89. The topological polar surface area (TPSA) is 42.4 Å². The summed E-state index contributed by atoms with van der Waals surface area (Å²) in [4.78, 5) is 18.3. The molecule has 1 spiro atoms. The van der Waals surface area contributed by atoms with Crippen LogP contribution >= 0.6 is 0 Å². The molecule has 3 rings (SSSR count). The zero-order valence-electron chi connectivity index (χ0n) is 9.98. The Morgan fingerprint density at radius 3 is 2.94 bits per heavy atom. The fourth-order valence-corrected chi connectivity index (χ4v) is 2.60. The minimum absolute atomic E-state index is 0.124. The summed E-state index contributed by atoms with van der Waals surface area (Å²) < 4.78 is 5.26. The Hall–Kier alpha value is -1.42. The van der Waals surface area contributed by atoms with E-state index >= 15 is 0 Å². The quantitative estimate of drug-likeness (QED) is 0.732. The van der Waals surface area contributed by atoms with Crippen molar-refractivity contribution in [2.24, 2.45) is 5.41 Å². The minimum atomic E-state index is 0.124. The van der Waals surface area contributed by atoms with Crippen LogP contribution in [0.25, 0.3) is 0 Å². The predicted octanol–water partition coefficient (Wildman–Crippen LogP) is 1.25.